The first-order chi connectivity index (χ1) is 10.1. The lowest BCUT2D eigenvalue weighted by atomic mass is 10.1. The smallest absolute Gasteiger partial charge is 0.224 e. The van der Waals surface area contributed by atoms with Gasteiger partial charge in [-0.3, -0.25) is 4.79 Å². The number of carbonyl (C=O) groups is 1. The average Bonchev–Trinajstić information content (AvgIpc) is 2.78. The van der Waals surface area contributed by atoms with Crippen LogP contribution in [0.15, 0.2) is 0 Å². The summed E-state index contributed by atoms with van der Waals surface area (Å²) in [5.74, 6) is -12.2. The van der Waals surface area contributed by atoms with Crippen LogP contribution < -0.4 is 5.32 Å². The topological polar surface area (TPSA) is 63.2 Å². The first-order valence-corrected chi connectivity index (χ1v) is 7.94. The van der Waals surface area contributed by atoms with Crippen molar-refractivity contribution in [1.82, 2.24) is 5.32 Å². The molecule has 1 amide bonds. The van der Waals surface area contributed by atoms with Gasteiger partial charge in [-0.1, -0.05) is 0 Å². The van der Waals surface area contributed by atoms with E-state index in [2.05, 4.69) is 5.32 Å². The molecule has 2 rings (SSSR count). The Bertz CT molecular complexity index is 706. The molecule has 1 N–H and O–H groups in total. The molecule has 4 nitrogen and oxygen atoms in total. The van der Waals surface area contributed by atoms with Crippen molar-refractivity contribution in [1.29, 1.82) is 0 Å². The predicted molar refractivity (Wildman–Crippen MR) is 65.1 cm³/mol. The summed E-state index contributed by atoms with van der Waals surface area (Å²) in [5.41, 5.74) is -1.25. The minimum atomic E-state index is -3.28. The van der Waals surface area contributed by atoms with Crippen LogP contribution in [-0.4, -0.2) is 31.9 Å². The van der Waals surface area contributed by atoms with Crippen LogP contribution in [0.3, 0.4) is 0 Å². The van der Waals surface area contributed by atoms with Gasteiger partial charge >= 0.3 is 0 Å². The Labute approximate surface area is 122 Å². The van der Waals surface area contributed by atoms with Gasteiger partial charge in [0, 0.05) is 11.6 Å². The molecule has 0 saturated carbocycles. The Morgan fingerprint density at radius 3 is 1.95 bits per heavy atom. The molecule has 1 fully saturated rings. The van der Waals surface area contributed by atoms with Crippen molar-refractivity contribution in [3.05, 3.63) is 34.6 Å². The summed E-state index contributed by atoms with van der Waals surface area (Å²) in [6, 6.07) is -0.737. The third-order valence-corrected chi connectivity index (χ3v) is 5.00. The third kappa shape index (κ3) is 3.21. The van der Waals surface area contributed by atoms with E-state index in [4.69, 9.17) is 0 Å². The molecule has 0 aromatic heterocycles. The fraction of sp³-hybridized carbons (Fsp3) is 0.417. The fourth-order valence-electron chi connectivity index (χ4n) is 2.15. The summed E-state index contributed by atoms with van der Waals surface area (Å²) in [6.07, 6.45) is -0.951. The van der Waals surface area contributed by atoms with E-state index in [-0.39, 0.29) is 17.9 Å². The predicted octanol–water partition coefficient (Wildman–Crippen LogP) is 1.23. The van der Waals surface area contributed by atoms with Gasteiger partial charge in [0.15, 0.2) is 33.1 Å². The van der Waals surface area contributed by atoms with Crippen LogP contribution >= 0.6 is 0 Å². The largest absolute Gasteiger partial charge is 0.352 e. The molecular formula is C12H10F5NO3S. The monoisotopic (exact) mass is 343 g/mol. The second kappa shape index (κ2) is 5.82. The molecule has 1 aromatic rings. The number of rotatable bonds is 3. The molecule has 1 saturated heterocycles. The van der Waals surface area contributed by atoms with Gasteiger partial charge in [-0.15, -0.1) is 0 Å². The van der Waals surface area contributed by atoms with Gasteiger partial charge in [0.1, 0.15) is 0 Å². The molecule has 1 aromatic carbocycles. The zero-order valence-corrected chi connectivity index (χ0v) is 11.7. The zero-order valence-electron chi connectivity index (χ0n) is 10.9. The summed E-state index contributed by atoms with van der Waals surface area (Å²) in [5, 5.41) is 2.20. The van der Waals surface area contributed by atoms with Crippen molar-refractivity contribution in [3.8, 4) is 0 Å². The van der Waals surface area contributed by atoms with Crippen LogP contribution in [0.1, 0.15) is 12.0 Å². The van der Waals surface area contributed by atoms with Crippen molar-refractivity contribution in [3.63, 3.8) is 0 Å². The van der Waals surface area contributed by atoms with E-state index in [1.54, 1.807) is 0 Å². The second-order valence-electron chi connectivity index (χ2n) is 4.89. The molecule has 1 aliphatic rings. The Balaban J connectivity index is 2.16. The van der Waals surface area contributed by atoms with E-state index >= 15 is 0 Å². The Hall–Kier alpha value is -1.71. The van der Waals surface area contributed by atoms with Crippen LogP contribution in [-0.2, 0) is 21.1 Å². The summed E-state index contributed by atoms with van der Waals surface area (Å²) in [6.45, 7) is 0. The van der Waals surface area contributed by atoms with Gasteiger partial charge in [-0.05, 0) is 6.42 Å². The third-order valence-electron chi connectivity index (χ3n) is 3.24. The molecule has 1 atom stereocenters. The quantitative estimate of drug-likeness (QED) is 0.510. The number of hydrogen-bond acceptors (Lipinski definition) is 3. The maximum absolute atomic E-state index is 13.4. The summed E-state index contributed by atoms with van der Waals surface area (Å²) in [7, 11) is -3.28. The number of nitrogens with one attached hydrogen (secondary N) is 1. The van der Waals surface area contributed by atoms with E-state index < -0.39 is 62.9 Å². The lowest BCUT2D eigenvalue weighted by Crippen LogP contribution is -2.37. The number of carbonyl (C=O) groups excluding carboxylic acids is 1. The first-order valence-electron chi connectivity index (χ1n) is 6.12. The van der Waals surface area contributed by atoms with Gasteiger partial charge in [-0.2, -0.15) is 0 Å². The Kier molecular flexibility index (Phi) is 4.41. The number of sulfone groups is 1. The zero-order chi connectivity index (χ0) is 16.7. The standard InChI is InChI=1S/C12H10F5NO3S/c13-8-6(9(14)11(16)12(17)10(8)15)3-7(19)18-5-1-2-22(20,21)4-5/h5H,1-4H2,(H,18,19)/t5-/m1/s1. The molecule has 22 heavy (non-hydrogen) atoms. The van der Waals surface area contributed by atoms with E-state index in [9.17, 15) is 35.2 Å². The molecule has 0 spiro atoms. The first kappa shape index (κ1) is 16.7. The summed E-state index contributed by atoms with van der Waals surface area (Å²) >= 11 is 0. The van der Waals surface area contributed by atoms with E-state index in [1.165, 1.54) is 0 Å². The summed E-state index contributed by atoms with van der Waals surface area (Å²) < 4.78 is 88.0. The highest BCUT2D eigenvalue weighted by atomic mass is 32.2. The van der Waals surface area contributed by atoms with Gasteiger partial charge < -0.3 is 5.32 Å². The number of hydrogen-bond donors (Lipinski definition) is 1. The fourth-order valence-corrected chi connectivity index (χ4v) is 3.83. The molecular weight excluding hydrogens is 333 g/mol. The van der Waals surface area contributed by atoms with Crippen LogP contribution in [0.25, 0.3) is 0 Å². The molecule has 0 aliphatic carbocycles. The lowest BCUT2D eigenvalue weighted by molar-refractivity contribution is -0.121. The second-order valence-corrected chi connectivity index (χ2v) is 7.12. The molecule has 1 aliphatic heterocycles. The average molecular weight is 343 g/mol. The van der Waals surface area contributed by atoms with Crippen molar-refractivity contribution < 1.29 is 35.2 Å². The van der Waals surface area contributed by atoms with Crippen molar-refractivity contribution in [2.45, 2.75) is 18.9 Å². The highest BCUT2D eigenvalue weighted by Gasteiger charge is 2.31. The summed E-state index contributed by atoms with van der Waals surface area (Å²) in [4.78, 5) is 11.6. The van der Waals surface area contributed by atoms with Crippen molar-refractivity contribution >= 4 is 15.7 Å². The molecule has 1 heterocycles. The number of halogens is 5. The molecule has 10 heteroatoms. The van der Waals surface area contributed by atoms with Gasteiger partial charge in [-0.25, -0.2) is 30.4 Å². The van der Waals surface area contributed by atoms with Gasteiger partial charge in [0.25, 0.3) is 0 Å². The van der Waals surface area contributed by atoms with Crippen LogP contribution in [0.4, 0.5) is 22.0 Å². The van der Waals surface area contributed by atoms with Crippen LogP contribution in [0, 0.1) is 29.1 Å². The maximum atomic E-state index is 13.4. The number of benzene rings is 1. The molecule has 0 bridgehead atoms. The number of amides is 1. The maximum Gasteiger partial charge on any atom is 0.224 e. The minimum absolute atomic E-state index is 0.130. The van der Waals surface area contributed by atoms with Gasteiger partial charge in [0.2, 0.25) is 11.7 Å². The normalized spacial score (nSPS) is 20.1. The highest BCUT2D eigenvalue weighted by molar-refractivity contribution is 7.91. The van der Waals surface area contributed by atoms with E-state index in [0.29, 0.717) is 0 Å². The molecule has 0 radical (unpaired) electrons. The molecule has 122 valence electrons. The molecule has 0 unspecified atom stereocenters. The van der Waals surface area contributed by atoms with Crippen LogP contribution in [0.5, 0.6) is 0 Å². The SMILES string of the molecule is O=C(Cc1c(F)c(F)c(F)c(F)c1F)N[C@@H]1CCS(=O)(=O)C1. The van der Waals surface area contributed by atoms with Crippen LogP contribution in [0.2, 0.25) is 0 Å². The van der Waals surface area contributed by atoms with Gasteiger partial charge in [0.05, 0.1) is 17.9 Å². The lowest BCUT2D eigenvalue weighted by Gasteiger charge is -2.12. The Morgan fingerprint density at radius 1 is 1.00 bits per heavy atom. The van der Waals surface area contributed by atoms with E-state index in [0.717, 1.165) is 0 Å². The Morgan fingerprint density at radius 2 is 1.50 bits per heavy atom. The van der Waals surface area contributed by atoms with E-state index in [1.807, 2.05) is 0 Å². The minimum Gasteiger partial charge on any atom is -0.352 e. The van der Waals surface area contributed by atoms with Crippen molar-refractivity contribution in [2.24, 2.45) is 0 Å². The highest BCUT2D eigenvalue weighted by Crippen LogP contribution is 2.23. The van der Waals surface area contributed by atoms with Crippen molar-refractivity contribution in [2.75, 3.05) is 11.5 Å².